The lowest BCUT2D eigenvalue weighted by Gasteiger charge is -2.24. The lowest BCUT2D eigenvalue weighted by Crippen LogP contribution is -2.33. The molecule has 0 aliphatic rings. The zero-order chi connectivity index (χ0) is 18.5. The van der Waals surface area contributed by atoms with Crippen molar-refractivity contribution < 1.29 is 23.1 Å². The molecule has 0 radical (unpaired) electrons. The highest BCUT2D eigenvalue weighted by molar-refractivity contribution is 6.72. The Labute approximate surface area is 146 Å². The molecule has 1 rings (SSSR count). The van der Waals surface area contributed by atoms with Crippen LogP contribution in [0.4, 0.5) is 0 Å². The number of hydrogen-bond donors (Lipinski definition) is 0. The predicted octanol–water partition coefficient (Wildman–Crippen LogP) is 4.27. The van der Waals surface area contributed by atoms with Crippen LogP contribution in [0.3, 0.4) is 0 Å². The first-order chi connectivity index (χ1) is 10.9. The van der Waals surface area contributed by atoms with Crippen molar-refractivity contribution in [1.82, 2.24) is 0 Å². The van der Waals surface area contributed by atoms with Gasteiger partial charge in [-0.3, -0.25) is 0 Å². The van der Waals surface area contributed by atoms with Gasteiger partial charge in [0.1, 0.15) is 11.5 Å². The topological polar surface area (TPSA) is 54.0 Å². The molecule has 0 bridgehead atoms. The monoisotopic (exact) mass is 368 g/mol. The van der Waals surface area contributed by atoms with E-state index >= 15 is 0 Å². The number of carbonyl (C=O) groups is 1. The maximum absolute atomic E-state index is 12.5. The summed E-state index contributed by atoms with van der Waals surface area (Å²) in [6, 6.07) is 5.40. The molecule has 0 saturated carbocycles. The van der Waals surface area contributed by atoms with Crippen molar-refractivity contribution in [2.75, 3.05) is 14.2 Å². The first-order valence-electron chi connectivity index (χ1n) is 7.81. The quantitative estimate of drug-likeness (QED) is 0.408. The second-order valence-electron chi connectivity index (χ2n) is 7.33. The van der Waals surface area contributed by atoms with Gasteiger partial charge in [-0.25, -0.2) is 4.79 Å². The summed E-state index contributed by atoms with van der Waals surface area (Å²) in [4.78, 5) is 12.5. The molecule has 0 unspecified atom stereocenters. The molecular formula is C17H28O5Si2. The summed E-state index contributed by atoms with van der Waals surface area (Å²) in [5.41, 5.74) is 0.735. The molecule has 0 aliphatic carbocycles. The molecule has 0 amide bonds. The molecule has 0 spiro atoms. The molecule has 0 N–H and O–H groups in total. The Balaban J connectivity index is 3.28. The first kappa shape index (κ1) is 20.3. The van der Waals surface area contributed by atoms with E-state index in [2.05, 4.69) is 0 Å². The molecule has 1 aromatic rings. The molecular weight excluding hydrogens is 340 g/mol. The second kappa shape index (κ2) is 7.89. The molecule has 7 heteroatoms. The minimum atomic E-state index is -2.02. The Morgan fingerprint density at radius 2 is 1.50 bits per heavy atom. The number of carbonyl (C=O) groups excluding carboxylic acids is 1. The van der Waals surface area contributed by atoms with Gasteiger partial charge in [0.15, 0.2) is 5.76 Å². The number of benzene rings is 1. The molecule has 0 aromatic heterocycles. The Kier molecular flexibility index (Phi) is 6.68. The maximum Gasteiger partial charge on any atom is 0.358 e. The Bertz CT molecular complexity index is 612. The summed E-state index contributed by atoms with van der Waals surface area (Å²) >= 11 is 0. The van der Waals surface area contributed by atoms with Gasteiger partial charge in [-0.05, 0) is 57.5 Å². The third-order valence-corrected chi connectivity index (χ3v) is 4.37. The molecule has 134 valence electrons. The molecule has 0 fully saturated rings. The largest absolute Gasteiger partial charge is 0.539 e. The van der Waals surface area contributed by atoms with Crippen molar-refractivity contribution in [3.63, 3.8) is 0 Å². The summed E-state index contributed by atoms with van der Waals surface area (Å²) in [5, 5.41) is 0. The minimum absolute atomic E-state index is 0.222. The third-order valence-electron chi connectivity index (χ3n) is 2.74. The smallest absolute Gasteiger partial charge is 0.358 e. The Morgan fingerprint density at radius 3 is 1.96 bits per heavy atom. The number of hydrogen-bond acceptors (Lipinski definition) is 5. The third kappa shape index (κ3) is 6.80. The van der Waals surface area contributed by atoms with Crippen LogP contribution in [0.15, 0.2) is 24.0 Å². The van der Waals surface area contributed by atoms with Crippen molar-refractivity contribution in [3.8, 4) is 11.5 Å². The molecule has 0 atom stereocenters. The van der Waals surface area contributed by atoms with Gasteiger partial charge in [0.2, 0.25) is 16.6 Å². The van der Waals surface area contributed by atoms with Gasteiger partial charge in [-0.2, -0.15) is 0 Å². The molecule has 0 aliphatic heterocycles. The van der Waals surface area contributed by atoms with E-state index in [9.17, 15) is 4.79 Å². The zero-order valence-corrected chi connectivity index (χ0v) is 17.9. The van der Waals surface area contributed by atoms with Gasteiger partial charge in [-0.15, -0.1) is 0 Å². The van der Waals surface area contributed by atoms with Gasteiger partial charge in [0, 0.05) is 11.6 Å². The fraction of sp³-hybridized carbons (Fsp3) is 0.471. The van der Waals surface area contributed by atoms with Crippen LogP contribution in [-0.2, 0) is 13.6 Å². The number of ether oxygens (including phenoxy) is 2. The van der Waals surface area contributed by atoms with E-state index in [-0.39, 0.29) is 5.76 Å². The average molecular weight is 369 g/mol. The van der Waals surface area contributed by atoms with Crippen LogP contribution < -0.4 is 9.47 Å². The highest BCUT2D eigenvalue weighted by Gasteiger charge is 2.27. The van der Waals surface area contributed by atoms with Crippen molar-refractivity contribution in [1.29, 1.82) is 0 Å². The molecule has 5 nitrogen and oxygen atoms in total. The van der Waals surface area contributed by atoms with E-state index in [0.29, 0.717) is 11.5 Å². The molecule has 24 heavy (non-hydrogen) atoms. The van der Waals surface area contributed by atoms with E-state index in [4.69, 9.17) is 18.3 Å². The van der Waals surface area contributed by atoms with Crippen LogP contribution >= 0.6 is 0 Å². The van der Waals surface area contributed by atoms with E-state index in [1.807, 2.05) is 51.4 Å². The molecule has 0 saturated heterocycles. The lowest BCUT2D eigenvalue weighted by molar-refractivity contribution is -0.133. The summed E-state index contributed by atoms with van der Waals surface area (Å²) in [7, 11) is -0.828. The summed E-state index contributed by atoms with van der Waals surface area (Å²) in [6.07, 6.45) is 1.68. The highest BCUT2D eigenvalue weighted by atomic mass is 28.4. The van der Waals surface area contributed by atoms with Crippen LogP contribution in [-0.4, -0.2) is 36.8 Å². The van der Waals surface area contributed by atoms with Gasteiger partial charge in [0.05, 0.1) is 14.2 Å². The van der Waals surface area contributed by atoms with E-state index in [1.54, 1.807) is 26.4 Å². The van der Waals surface area contributed by atoms with Gasteiger partial charge in [0.25, 0.3) is 0 Å². The van der Waals surface area contributed by atoms with Crippen molar-refractivity contribution >= 4 is 28.7 Å². The van der Waals surface area contributed by atoms with Crippen molar-refractivity contribution in [2.24, 2.45) is 0 Å². The second-order valence-corrected chi connectivity index (χ2v) is 16.2. The fourth-order valence-corrected chi connectivity index (χ4v) is 3.33. The van der Waals surface area contributed by atoms with Crippen molar-refractivity contribution in [3.05, 3.63) is 29.5 Å². The van der Waals surface area contributed by atoms with Crippen molar-refractivity contribution in [2.45, 2.75) is 39.3 Å². The van der Waals surface area contributed by atoms with Gasteiger partial charge in [-0.1, -0.05) is 0 Å². The number of methoxy groups -OCH3 is 2. The maximum atomic E-state index is 12.5. The lowest BCUT2D eigenvalue weighted by atomic mass is 10.1. The van der Waals surface area contributed by atoms with E-state index < -0.39 is 22.6 Å². The normalized spacial score (nSPS) is 12.6. The Morgan fingerprint density at radius 1 is 0.917 bits per heavy atom. The zero-order valence-electron chi connectivity index (χ0n) is 15.9. The van der Waals surface area contributed by atoms with E-state index in [1.165, 1.54) is 0 Å². The Hall–Kier alpha value is -1.74. The van der Waals surface area contributed by atoms with Crippen LogP contribution in [0.5, 0.6) is 11.5 Å². The standard InChI is InChI=1S/C17H28O5Si2/c1-19-14-10-9-13(15(12-14)20-2)11-16(21-23(3,4)5)17(18)22-24(6,7)8/h9-12H,1-8H3/b16-11+. The first-order valence-corrected chi connectivity index (χ1v) is 14.6. The number of rotatable bonds is 7. The van der Waals surface area contributed by atoms with Gasteiger partial charge >= 0.3 is 5.97 Å². The molecule has 0 heterocycles. The summed E-state index contributed by atoms with van der Waals surface area (Å²) in [6.45, 7) is 12.0. The van der Waals surface area contributed by atoms with Crippen LogP contribution in [0.25, 0.3) is 6.08 Å². The average Bonchev–Trinajstić information content (AvgIpc) is 2.43. The predicted molar refractivity (Wildman–Crippen MR) is 101 cm³/mol. The SMILES string of the molecule is COc1ccc(/C=C(/O[Si](C)(C)C)C(=O)O[Si](C)(C)C)c(OC)c1. The van der Waals surface area contributed by atoms with Crippen LogP contribution in [0, 0.1) is 0 Å². The van der Waals surface area contributed by atoms with Gasteiger partial charge < -0.3 is 18.3 Å². The highest BCUT2D eigenvalue weighted by Crippen LogP contribution is 2.28. The summed E-state index contributed by atoms with van der Waals surface area (Å²) < 4.78 is 22.2. The van der Waals surface area contributed by atoms with E-state index in [0.717, 1.165) is 5.56 Å². The molecule has 1 aromatic carbocycles. The van der Waals surface area contributed by atoms with Crippen LogP contribution in [0.1, 0.15) is 5.56 Å². The minimum Gasteiger partial charge on any atom is -0.539 e. The summed E-state index contributed by atoms with van der Waals surface area (Å²) in [5.74, 6) is 1.09. The fourth-order valence-electron chi connectivity index (χ4n) is 1.87. The van der Waals surface area contributed by atoms with Crippen LogP contribution in [0.2, 0.25) is 39.3 Å².